The number of rotatable bonds is 5. The Kier molecular flexibility index (Phi) is 5.74. The summed E-state index contributed by atoms with van der Waals surface area (Å²) < 4.78 is 4.67. The van der Waals surface area contributed by atoms with Crippen LogP contribution in [0.4, 0.5) is 0 Å². The summed E-state index contributed by atoms with van der Waals surface area (Å²) in [5, 5.41) is 4.54. The van der Waals surface area contributed by atoms with Gasteiger partial charge in [-0.1, -0.05) is 12.8 Å². The number of aromatic amines is 1. The van der Waals surface area contributed by atoms with Crippen molar-refractivity contribution in [2.75, 3.05) is 13.1 Å². The molecule has 3 heterocycles. The van der Waals surface area contributed by atoms with Gasteiger partial charge in [0.1, 0.15) is 5.82 Å². The molecule has 0 atom stereocenters. The van der Waals surface area contributed by atoms with E-state index in [0.29, 0.717) is 13.1 Å². The molecule has 10 heteroatoms. The summed E-state index contributed by atoms with van der Waals surface area (Å²) in [4.78, 5) is 52.1. The second kappa shape index (κ2) is 8.45. The normalized spacial score (nSPS) is 18.2. The lowest BCUT2D eigenvalue weighted by molar-refractivity contribution is -0.132. The Morgan fingerprint density at radius 3 is 2.50 bits per heavy atom. The predicted molar refractivity (Wildman–Crippen MR) is 109 cm³/mol. The molecule has 1 amide bonds. The molecule has 0 radical (unpaired) electrons. The van der Waals surface area contributed by atoms with Gasteiger partial charge in [0.15, 0.2) is 0 Å². The van der Waals surface area contributed by atoms with Crippen LogP contribution in [0.25, 0.3) is 0 Å². The first-order valence-electron chi connectivity index (χ1n) is 10.7. The van der Waals surface area contributed by atoms with Crippen LogP contribution in [-0.2, 0) is 18.4 Å². The Hall–Kier alpha value is -2.91. The average Bonchev–Trinajstić information content (AvgIpc) is 3.36. The van der Waals surface area contributed by atoms with Crippen molar-refractivity contribution >= 4 is 5.91 Å². The summed E-state index contributed by atoms with van der Waals surface area (Å²) in [7, 11) is 1.70. The van der Waals surface area contributed by atoms with Gasteiger partial charge in [0.25, 0.3) is 5.56 Å². The molecule has 1 aliphatic heterocycles. The number of H-pyrrole nitrogens is 1. The number of carbonyl (C=O) groups excluding carboxylic acids is 1. The van der Waals surface area contributed by atoms with E-state index in [4.69, 9.17) is 0 Å². The number of carbonyl (C=O) groups is 1. The molecule has 4 rings (SSSR count). The number of aromatic nitrogens is 5. The van der Waals surface area contributed by atoms with Crippen LogP contribution in [-0.4, -0.2) is 47.8 Å². The van der Waals surface area contributed by atoms with Gasteiger partial charge in [-0.3, -0.25) is 19.1 Å². The lowest BCUT2D eigenvalue weighted by Crippen LogP contribution is -2.39. The zero-order valence-corrected chi connectivity index (χ0v) is 17.2. The quantitative estimate of drug-likeness (QED) is 0.755. The van der Waals surface area contributed by atoms with Crippen LogP contribution in [0, 0.1) is 0 Å². The van der Waals surface area contributed by atoms with Crippen molar-refractivity contribution in [2.45, 2.75) is 63.5 Å². The number of hydrogen-bond donors (Lipinski definition) is 1. The average molecular weight is 416 g/mol. The van der Waals surface area contributed by atoms with Crippen LogP contribution in [0.1, 0.15) is 62.7 Å². The molecule has 1 saturated heterocycles. The number of aryl methyl sites for hydroxylation is 2. The smallest absolute Gasteiger partial charge is 0.343 e. The van der Waals surface area contributed by atoms with Crippen LogP contribution < -0.4 is 16.9 Å². The number of nitrogens with zero attached hydrogens (tertiary/aromatic N) is 5. The first-order chi connectivity index (χ1) is 14.4. The third kappa shape index (κ3) is 4.03. The van der Waals surface area contributed by atoms with Gasteiger partial charge < -0.3 is 9.47 Å². The highest BCUT2D eigenvalue weighted by atomic mass is 16.2. The van der Waals surface area contributed by atoms with Crippen molar-refractivity contribution in [3.8, 4) is 0 Å². The monoisotopic (exact) mass is 416 g/mol. The largest absolute Gasteiger partial charge is 0.345 e. The number of amides is 1. The van der Waals surface area contributed by atoms with E-state index in [1.165, 1.54) is 21.5 Å². The van der Waals surface area contributed by atoms with Crippen molar-refractivity contribution < 1.29 is 4.79 Å². The highest BCUT2D eigenvalue weighted by molar-refractivity contribution is 5.76. The Labute approximate surface area is 173 Å². The third-order valence-corrected chi connectivity index (χ3v) is 6.35. The van der Waals surface area contributed by atoms with Crippen LogP contribution in [0.5, 0.6) is 0 Å². The molecular weight excluding hydrogens is 388 g/mol. The molecule has 1 aliphatic carbocycles. The molecule has 2 aromatic heterocycles. The summed E-state index contributed by atoms with van der Waals surface area (Å²) in [6.07, 6.45) is 7.51. The first kappa shape index (κ1) is 20.4. The molecule has 0 aromatic carbocycles. The van der Waals surface area contributed by atoms with Crippen LogP contribution >= 0.6 is 0 Å². The maximum Gasteiger partial charge on any atom is 0.345 e. The van der Waals surface area contributed by atoms with Crippen molar-refractivity contribution in [1.82, 2.24) is 28.8 Å². The number of nitrogens with one attached hydrogen (secondary N) is 1. The molecule has 0 unspecified atom stereocenters. The highest BCUT2D eigenvalue weighted by Crippen LogP contribution is 2.33. The lowest BCUT2D eigenvalue weighted by Gasteiger charge is -2.32. The van der Waals surface area contributed by atoms with E-state index < -0.39 is 11.2 Å². The van der Waals surface area contributed by atoms with Crippen molar-refractivity contribution in [2.24, 2.45) is 7.05 Å². The minimum absolute atomic E-state index is 0.0132. The summed E-state index contributed by atoms with van der Waals surface area (Å²) in [6, 6.07) is 1.52. The lowest BCUT2D eigenvalue weighted by atomic mass is 9.95. The Morgan fingerprint density at radius 2 is 1.83 bits per heavy atom. The molecule has 2 aromatic rings. The third-order valence-electron chi connectivity index (χ3n) is 6.35. The van der Waals surface area contributed by atoms with E-state index in [9.17, 15) is 19.2 Å². The SMILES string of the molecule is Cn1nc(C2CCN(C(=O)CCn3ccc(=O)[nH]c3=O)CC2)n(C2CCCC2)c1=O. The second-order valence-corrected chi connectivity index (χ2v) is 8.28. The standard InChI is InChI=1S/C20H28N6O4/c1-23-20(30)26(15-4-2-3-5-15)18(22-23)14-6-10-24(11-7-14)17(28)9-13-25-12-8-16(27)21-19(25)29/h8,12,14-15H,2-7,9-11,13H2,1H3,(H,21,27,29). The zero-order chi connectivity index (χ0) is 21.3. The molecule has 1 N–H and O–H groups in total. The minimum atomic E-state index is -0.506. The van der Waals surface area contributed by atoms with Gasteiger partial charge in [0, 0.05) is 57.3 Å². The van der Waals surface area contributed by atoms with E-state index in [0.717, 1.165) is 44.3 Å². The van der Waals surface area contributed by atoms with Crippen LogP contribution in [0.2, 0.25) is 0 Å². The maximum atomic E-state index is 12.6. The highest BCUT2D eigenvalue weighted by Gasteiger charge is 2.31. The Balaban J connectivity index is 1.37. The first-order valence-corrected chi connectivity index (χ1v) is 10.7. The fraction of sp³-hybridized carbons (Fsp3) is 0.650. The molecule has 10 nitrogen and oxygen atoms in total. The Morgan fingerprint density at radius 1 is 1.13 bits per heavy atom. The van der Waals surface area contributed by atoms with Crippen molar-refractivity contribution in [3.05, 3.63) is 49.4 Å². The van der Waals surface area contributed by atoms with Gasteiger partial charge >= 0.3 is 11.4 Å². The molecule has 2 fully saturated rings. The fourth-order valence-corrected chi connectivity index (χ4v) is 4.66. The molecular formula is C20H28N6O4. The summed E-state index contributed by atoms with van der Waals surface area (Å²) in [5.74, 6) is 1.02. The van der Waals surface area contributed by atoms with E-state index >= 15 is 0 Å². The van der Waals surface area contributed by atoms with Crippen molar-refractivity contribution in [1.29, 1.82) is 0 Å². The van der Waals surface area contributed by atoms with Crippen molar-refractivity contribution in [3.63, 3.8) is 0 Å². The second-order valence-electron chi connectivity index (χ2n) is 8.28. The predicted octanol–water partition coefficient (Wildman–Crippen LogP) is 0.343. The van der Waals surface area contributed by atoms with Gasteiger partial charge in [-0.15, -0.1) is 0 Å². The van der Waals surface area contributed by atoms with Gasteiger partial charge in [-0.25, -0.2) is 14.3 Å². The van der Waals surface area contributed by atoms with Gasteiger partial charge in [-0.05, 0) is 25.7 Å². The Bertz CT molecular complexity index is 1080. The van der Waals surface area contributed by atoms with Crippen LogP contribution in [0.3, 0.4) is 0 Å². The molecule has 30 heavy (non-hydrogen) atoms. The summed E-state index contributed by atoms with van der Waals surface area (Å²) in [5.41, 5.74) is -0.994. The maximum absolute atomic E-state index is 12.6. The van der Waals surface area contributed by atoms with Gasteiger partial charge in [0.2, 0.25) is 5.91 Å². The molecule has 1 saturated carbocycles. The molecule has 0 bridgehead atoms. The molecule has 2 aliphatic rings. The molecule has 0 spiro atoms. The minimum Gasteiger partial charge on any atom is -0.343 e. The summed E-state index contributed by atoms with van der Waals surface area (Å²) >= 11 is 0. The van der Waals surface area contributed by atoms with Gasteiger partial charge in [0.05, 0.1) is 0 Å². The zero-order valence-electron chi connectivity index (χ0n) is 17.2. The van der Waals surface area contributed by atoms with Crippen LogP contribution in [0.15, 0.2) is 26.6 Å². The fourth-order valence-electron chi connectivity index (χ4n) is 4.66. The summed E-state index contributed by atoms with van der Waals surface area (Å²) in [6.45, 7) is 1.45. The topological polar surface area (TPSA) is 115 Å². The number of hydrogen-bond acceptors (Lipinski definition) is 5. The molecule has 162 valence electrons. The van der Waals surface area contributed by atoms with E-state index in [1.807, 2.05) is 9.47 Å². The number of piperidine rings is 1. The van der Waals surface area contributed by atoms with E-state index in [-0.39, 0.29) is 36.5 Å². The number of likely N-dealkylation sites (tertiary alicyclic amines) is 1. The van der Waals surface area contributed by atoms with Gasteiger partial charge in [-0.2, -0.15) is 5.10 Å². The van der Waals surface area contributed by atoms with E-state index in [2.05, 4.69) is 10.1 Å². The van der Waals surface area contributed by atoms with E-state index in [1.54, 1.807) is 7.05 Å².